The number of benzene rings is 2. The van der Waals surface area contributed by atoms with E-state index in [1.807, 2.05) is 36.4 Å². The fourth-order valence-electron chi connectivity index (χ4n) is 3.72. The number of amides is 2. The second kappa shape index (κ2) is 10.00. The molecule has 0 radical (unpaired) electrons. The zero-order valence-electron chi connectivity index (χ0n) is 18.3. The van der Waals surface area contributed by atoms with Gasteiger partial charge >= 0.3 is 6.03 Å². The lowest BCUT2D eigenvalue weighted by Crippen LogP contribution is -2.30. The van der Waals surface area contributed by atoms with Gasteiger partial charge in [0.15, 0.2) is 5.82 Å². The van der Waals surface area contributed by atoms with E-state index in [9.17, 15) is 4.79 Å². The molecule has 166 valence electrons. The first-order valence-electron chi connectivity index (χ1n) is 10.7. The molecular formula is C24H27N5O3. The number of methoxy groups -OCH3 is 2. The minimum absolute atomic E-state index is 0.389. The van der Waals surface area contributed by atoms with Crippen LogP contribution in [0.2, 0.25) is 0 Å². The summed E-state index contributed by atoms with van der Waals surface area (Å²) in [5.41, 5.74) is 2.78. The first-order valence-corrected chi connectivity index (χ1v) is 10.7. The van der Waals surface area contributed by atoms with E-state index in [-0.39, 0.29) is 6.03 Å². The van der Waals surface area contributed by atoms with Crippen molar-refractivity contribution in [1.29, 1.82) is 0 Å². The summed E-state index contributed by atoms with van der Waals surface area (Å²) >= 11 is 0. The summed E-state index contributed by atoms with van der Waals surface area (Å²) in [5, 5.41) is 14.5. The highest BCUT2D eigenvalue weighted by molar-refractivity contribution is 6.01. The standard InChI is InChI=1S/C24H27N5O3/c1-31-19-9-11-22(32-2)21(16-19)26-24(30)25-18-8-6-7-17(15-18)20-10-12-23(28-27-20)29-13-4-3-5-14-29/h6-12,15-16H,3-5,13-14H2,1-2H3,(H2,25,26,30). The van der Waals surface area contributed by atoms with Crippen molar-refractivity contribution >= 4 is 23.2 Å². The normalized spacial score (nSPS) is 13.4. The first-order chi connectivity index (χ1) is 15.7. The second-order valence-corrected chi connectivity index (χ2v) is 7.55. The fraction of sp³-hybridized carbons (Fsp3) is 0.292. The Balaban J connectivity index is 1.44. The van der Waals surface area contributed by atoms with E-state index in [0.29, 0.717) is 22.9 Å². The predicted molar refractivity (Wildman–Crippen MR) is 126 cm³/mol. The molecule has 2 heterocycles. The molecule has 8 nitrogen and oxygen atoms in total. The van der Waals surface area contributed by atoms with E-state index in [2.05, 4.69) is 25.7 Å². The Morgan fingerprint density at radius 2 is 1.75 bits per heavy atom. The van der Waals surface area contributed by atoms with Gasteiger partial charge in [0.05, 0.1) is 25.6 Å². The first kappa shape index (κ1) is 21.4. The molecule has 0 atom stereocenters. The van der Waals surface area contributed by atoms with Crippen LogP contribution in [0.3, 0.4) is 0 Å². The highest BCUT2D eigenvalue weighted by Crippen LogP contribution is 2.29. The Kier molecular flexibility index (Phi) is 6.69. The highest BCUT2D eigenvalue weighted by atomic mass is 16.5. The number of nitrogens with one attached hydrogen (secondary N) is 2. The number of hydrogen-bond acceptors (Lipinski definition) is 6. The fourth-order valence-corrected chi connectivity index (χ4v) is 3.72. The van der Waals surface area contributed by atoms with Crippen molar-refractivity contribution < 1.29 is 14.3 Å². The number of nitrogens with zero attached hydrogens (tertiary/aromatic N) is 3. The van der Waals surface area contributed by atoms with Gasteiger partial charge in [0.25, 0.3) is 0 Å². The third-order valence-electron chi connectivity index (χ3n) is 5.40. The molecule has 1 aliphatic heterocycles. The third kappa shape index (κ3) is 5.08. The van der Waals surface area contributed by atoms with Gasteiger partial charge in [-0.15, -0.1) is 10.2 Å². The van der Waals surface area contributed by atoms with Crippen LogP contribution in [-0.2, 0) is 0 Å². The lowest BCUT2D eigenvalue weighted by molar-refractivity contribution is 0.262. The van der Waals surface area contributed by atoms with Crippen LogP contribution in [0.25, 0.3) is 11.3 Å². The predicted octanol–water partition coefficient (Wildman–Crippen LogP) is 4.80. The SMILES string of the molecule is COc1ccc(OC)c(NC(=O)Nc2cccc(-c3ccc(N4CCCCC4)nn3)c2)c1. The molecule has 2 N–H and O–H groups in total. The Hall–Kier alpha value is -3.81. The Morgan fingerprint density at radius 3 is 2.47 bits per heavy atom. The second-order valence-electron chi connectivity index (χ2n) is 7.55. The summed E-state index contributed by atoms with van der Waals surface area (Å²) in [6.45, 7) is 2.06. The maximum absolute atomic E-state index is 12.6. The lowest BCUT2D eigenvalue weighted by atomic mass is 10.1. The van der Waals surface area contributed by atoms with Crippen LogP contribution in [0, 0.1) is 0 Å². The molecule has 0 unspecified atom stereocenters. The van der Waals surface area contributed by atoms with Gasteiger partial charge in [-0.25, -0.2) is 4.79 Å². The molecule has 4 rings (SSSR count). The average Bonchev–Trinajstić information content (AvgIpc) is 2.84. The molecule has 1 fully saturated rings. The van der Waals surface area contributed by atoms with Crippen LogP contribution in [-0.4, -0.2) is 43.5 Å². The molecule has 0 bridgehead atoms. The minimum atomic E-state index is -0.389. The minimum Gasteiger partial charge on any atom is -0.497 e. The van der Waals surface area contributed by atoms with E-state index in [1.165, 1.54) is 19.3 Å². The molecule has 0 spiro atoms. The molecule has 32 heavy (non-hydrogen) atoms. The van der Waals surface area contributed by atoms with Crippen LogP contribution in [0.15, 0.2) is 54.6 Å². The molecule has 2 amide bonds. The van der Waals surface area contributed by atoms with Crippen LogP contribution >= 0.6 is 0 Å². The number of carbonyl (C=O) groups excluding carboxylic acids is 1. The van der Waals surface area contributed by atoms with Crippen LogP contribution in [0.5, 0.6) is 11.5 Å². The summed E-state index contributed by atoms with van der Waals surface area (Å²) < 4.78 is 10.5. The Morgan fingerprint density at radius 1 is 0.906 bits per heavy atom. The van der Waals surface area contributed by atoms with Gasteiger partial charge in [-0.1, -0.05) is 12.1 Å². The third-order valence-corrected chi connectivity index (χ3v) is 5.40. The lowest BCUT2D eigenvalue weighted by Gasteiger charge is -2.27. The molecular weight excluding hydrogens is 406 g/mol. The summed E-state index contributed by atoms with van der Waals surface area (Å²) in [4.78, 5) is 14.8. The van der Waals surface area contributed by atoms with E-state index >= 15 is 0 Å². The quantitative estimate of drug-likeness (QED) is 0.581. The van der Waals surface area contributed by atoms with Crippen molar-refractivity contribution in [2.75, 3.05) is 42.8 Å². The molecule has 1 saturated heterocycles. The van der Waals surface area contributed by atoms with Crippen molar-refractivity contribution in [1.82, 2.24) is 10.2 Å². The number of ether oxygens (including phenoxy) is 2. The number of piperidine rings is 1. The molecule has 0 aliphatic carbocycles. The van der Waals surface area contributed by atoms with Crippen LogP contribution in [0.4, 0.5) is 22.0 Å². The van der Waals surface area contributed by atoms with Crippen molar-refractivity contribution in [3.05, 3.63) is 54.6 Å². The summed E-state index contributed by atoms with van der Waals surface area (Å²) in [6, 6.07) is 16.3. The number of anilines is 3. The zero-order valence-corrected chi connectivity index (χ0v) is 18.3. The van der Waals surface area contributed by atoms with Crippen LogP contribution in [0.1, 0.15) is 19.3 Å². The van der Waals surface area contributed by atoms with Crippen molar-refractivity contribution in [3.8, 4) is 22.8 Å². The van der Waals surface area contributed by atoms with Gasteiger partial charge < -0.3 is 25.0 Å². The van der Waals surface area contributed by atoms with Gasteiger partial charge in [0.2, 0.25) is 0 Å². The van der Waals surface area contributed by atoms with Crippen molar-refractivity contribution in [3.63, 3.8) is 0 Å². The highest BCUT2D eigenvalue weighted by Gasteiger charge is 2.13. The number of carbonyl (C=O) groups is 1. The topological polar surface area (TPSA) is 88.6 Å². The Bertz CT molecular complexity index is 1070. The molecule has 2 aromatic carbocycles. The number of aromatic nitrogens is 2. The van der Waals surface area contributed by atoms with Gasteiger partial charge in [0.1, 0.15) is 11.5 Å². The van der Waals surface area contributed by atoms with E-state index in [0.717, 1.165) is 30.2 Å². The number of hydrogen-bond donors (Lipinski definition) is 2. The molecule has 0 saturated carbocycles. The van der Waals surface area contributed by atoms with Gasteiger partial charge in [-0.05, 0) is 55.7 Å². The van der Waals surface area contributed by atoms with Crippen molar-refractivity contribution in [2.45, 2.75) is 19.3 Å². The number of rotatable bonds is 6. The smallest absolute Gasteiger partial charge is 0.323 e. The van der Waals surface area contributed by atoms with E-state index in [4.69, 9.17) is 9.47 Å². The molecule has 3 aromatic rings. The summed E-state index contributed by atoms with van der Waals surface area (Å²) in [6.07, 6.45) is 3.67. The molecule has 8 heteroatoms. The molecule has 1 aromatic heterocycles. The molecule has 1 aliphatic rings. The average molecular weight is 434 g/mol. The maximum Gasteiger partial charge on any atom is 0.323 e. The van der Waals surface area contributed by atoms with E-state index < -0.39 is 0 Å². The van der Waals surface area contributed by atoms with Gasteiger partial charge in [-0.2, -0.15) is 0 Å². The summed E-state index contributed by atoms with van der Waals surface area (Å²) in [5.74, 6) is 2.07. The van der Waals surface area contributed by atoms with Crippen LogP contribution < -0.4 is 25.0 Å². The van der Waals surface area contributed by atoms with Crippen molar-refractivity contribution in [2.24, 2.45) is 0 Å². The Labute approximate surface area is 187 Å². The number of urea groups is 1. The van der Waals surface area contributed by atoms with Gasteiger partial charge in [0, 0.05) is 30.4 Å². The maximum atomic E-state index is 12.6. The van der Waals surface area contributed by atoms with Gasteiger partial charge in [-0.3, -0.25) is 0 Å². The monoisotopic (exact) mass is 433 g/mol. The summed E-state index contributed by atoms with van der Waals surface area (Å²) in [7, 11) is 3.12. The zero-order chi connectivity index (χ0) is 22.3. The van der Waals surface area contributed by atoms with E-state index in [1.54, 1.807) is 32.4 Å². The largest absolute Gasteiger partial charge is 0.497 e.